The highest BCUT2D eigenvalue weighted by molar-refractivity contribution is 5.87. The minimum atomic E-state index is -1.02. The number of aliphatic hydroxyl groups excluding tert-OH is 1. The number of aromatic nitrogens is 2. The molecule has 26 heavy (non-hydrogen) atoms. The smallest absolute Gasteiger partial charge is 0.356 e. The van der Waals surface area contributed by atoms with Crippen molar-refractivity contribution < 1.29 is 19.7 Å². The van der Waals surface area contributed by atoms with E-state index in [4.69, 9.17) is 4.74 Å². The van der Waals surface area contributed by atoms with Crippen molar-refractivity contribution in [1.82, 2.24) is 9.78 Å². The Labute approximate surface area is 151 Å². The van der Waals surface area contributed by atoms with Crippen LogP contribution in [0.5, 0.6) is 0 Å². The molecule has 4 rings (SSSR count). The molecular weight excluding hydrogens is 334 g/mol. The maximum atomic E-state index is 11.7. The Hall–Kier alpha value is -2.38. The van der Waals surface area contributed by atoms with Crippen LogP contribution in [-0.2, 0) is 17.7 Å². The Morgan fingerprint density at radius 1 is 1.27 bits per heavy atom. The van der Waals surface area contributed by atoms with E-state index in [2.05, 4.69) is 5.10 Å². The molecule has 2 N–H and O–H groups in total. The number of hydrogen-bond acceptors (Lipinski definition) is 5. The van der Waals surface area contributed by atoms with Gasteiger partial charge in [0.15, 0.2) is 5.69 Å². The molecule has 1 atom stereocenters. The molecule has 1 aromatic carbocycles. The lowest BCUT2D eigenvalue weighted by molar-refractivity contribution is 0.0645. The van der Waals surface area contributed by atoms with E-state index >= 15 is 0 Å². The fourth-order valence-electron chi connectivity index (χ4n) is 3.88. The number of carbonyl (C=O) groups is 1. The zero-order valence-electron chi connectivity index (χ0n) is 14.5. The Bertz CT molecular complexity index is 798. The van der Waals surface area contributed by atoms with E-state index in [0.29, 0.717) is 38.3 Å². The predicted octanol–water partition coefficient (Wildman–Crippen LogP) is 1.86. The molecule has 2 aliphatic heterocycles. The maximum Gasteiger partial charge on any atom is 0.356 e. The first-order chi connectivity index (χ1) is 12.6. The number of aromatic carboxylic acids is 1. The standard InChI is InChI=1S/C19H23N3O4/c23-16-9-13-3-1-2-4-17(13)21(12-16)10-14-11-22(20-18(14)19(24)25)15-5-7-26-8-6-15/h1-4,11,15-16,23H,5-10,12H2,(H,24,25). The highest BCUT2D eigenvalue weighted by atomic mass is 16.5. The first kappa shape index (κ1) is 17.1. The van der Waals surface area contributed by atoms with Gasteiger partial charge in [-0.05, 0) is 24.5 Å². The summed E-state index contributed by atoms with van der Waals surface area (Å²) in [5.41, 5.74) is 2.90. The summed E-state index contributed by atoms with van der Waals surface area (Å²) < 4.78 is 7.17. The van der Waals surface area contributed by atoms with Crippen LogP contribution in [0.2, 0.25) is 0 Å². The average Bonchev–Trinajstić information content (AvgIpc) is 3.06. The number of ether oxygens (including phenoxy) is 1. The number of anilines is 1. The van der Waals surface area contributed by atoms with Crippen LogP contribution in [0.1, 0.15) is 40.5 Å². The van der Waals surface area contributed by atoms with E-state index < -0.39 is 12.1 Å². The number of rotatable bonds is 4. The lowest BCUT2D eigenvalue weighted by Crippen LogP contribution is -2.38. The van der Waals surface area contributed by atoms with Crippen LogP contribution in [0.3, 0.4) is 0 Å². The molecule has 7 nitrogen and oxygen atoms in total. The molecule has 2 aromatic rings. The van der Waals surface area contributed by atoms with Crippen molar-refractivity contribution in [3.05, 3.63) is 47.3 Å². The predicted molar refractivity (Wildman–Crippen MR) is 95.5 cm³/mol. The van der Waals surface area contributed by atoms with Gasteiger partial charge >= 0.3 is 5.97 Å². The molecule has 138 valence electrons. The van der Waals surface area contributed by atoms with E-state index in [0.717, 1.165) is 24.1 Å². The van der Waals surface area contributed by atoms with Crippen molar-refractivity contribution in [2.75, 3.05) is 24.7 Å². The van der Waals surface area contributed by atoms with Crippen molar-refractivity contribution >= 4 is 11.7 Å². The fourth-order valence-corrected chi connectivity index (χ4v) is 3.88. The van der Waals surface area contributed by atoms with Crippen LogP contribution in [-0.4, -0.2) is 51.8 Å². The van der Waals surface area contributed by atoms with E-state index in [-0.39, 0.29) is 11.7 Å². The summed E-state index contributed by atoms with van der Waals surface area (Å²) in [6.45, 7) is 2.25. The van der Waals surface area contributed by atoms with Gasteiger partial charge in [0.2, 0.25) is 0 Å². The molecule has 1 fully saturated rings. The van der Waals surface area contributed by atoms with Crippen LogP contribution in [0.4, 0.5) is 5.69 Å². The Morgan fingerprint density at radius 3 is 2.81 bits per heavy atom. The molecule has 7 heteroatoms. The fraction of sp³-hybridized carbons (Fsp3) is 0.474. The SMILES string of the molecule is O=C(O)c1nn(C2CCOCC2)cc1CN1CC(O)Cc2ccccc21. The summed E-state index contributed by atoms with van der Waals surface area (Å²) >= 11 is 0. The highest BCUT2D eigenvalue weighted by Gasteiger charge is 2.27. The van der Waals surface area contributed by atoms with Crippen LogP contribution in [0, 0.1) is 0 Å². The molecule has 1 unspecified atom stereocenters. The lowest BCUT2D eigenvalue weighted by atomic mass is 9.99. The minimum absolute atomic E-state index is 0.0917. The molecule has 3 heterocycles. The number of benzene rings is 1. The van der Waals surface area contributed by atoms with Gasteiger partial charge in [-0.3, -0.25) is 4.68 Å². The second-order valence-corrected chi connectivity index (χ2v) is 7.00. The zero-order valence-corrected chi connectivity index (χ0v) is 14.5. The highest BCUT2D eigenvalue weighted by Crippen LogP contribution is 2.29. The number of carboxylic acid groups (broad SMARTS) is 1. The molecule has 1 aromatic heterocycles. The molecule has 1 saturated heterocycles. The summed E-state index contributed by atoms with van der Waals surface area (Å²) in [5.74, 6) is -1.02. The van der Waals surface area contributed by atoms with E-state index in [9.17, 15) is 15.0 Å². The normalized spacial score (nSPS) is 20.8. The lowest BCUT2D eigenvalue weighted by Gasteiger charge is -2.34. The summed E-state index contributed by atoms with van der Waals surface area (Å²) in [4.78, 5) is 13.7. The molecule has 0 spiro atoms. The monoisotopic (exact) mass is 357 g/mol. The summed E-state index contributed by atoms with van der Waals surface area (Å²) in [6.07, 6.45) is 3.70. The summed E-state index contributed by atoms with van der Waals surface area (Å²) in [7, 11) is 0. The average molecular weight is 357 g/mol. The number of aliphatic hydroxyl groups is 1. The van der Waals surface area contributed by atoms with Crippen molar-refractivity contribution in [3.8, 4) is 0 Å². The van der Waals surface area contributed by atoms with Gasteiger partial charge in [0.25, 0.3) is 0 Å². The molecule has 2 aliphatic rings. The molecule has 0 bridgehead atoms. The number of hydrogen-bond donors (Lipinski definition) is 2. The van der Waals surface area contributed by atoms with Gasteiger partial charge in [-0.15, -0.1) is 0 Å². The topological polar surface area (TPSA) is 87.8 Å². The summed E-state index contributed by atoms with van der Waals surface area (Å²) in [6, 6.07) is 8.13. The van der Waals surface area contributed by atoms with E-state index in [1.807, 2.05) is 35.4 Å². The quantitative estimate of drug-likeness (QED) is 0.868. The third-order valence-corrected chi connectivity index (χ3v) is 5.16. The van der Waals surface area contributed by atoms with E-state index in [1.54, 1.807) is 4.68 Å². The second-order valence-electron chi connectivity index (χ2n) is 7.00. The van der Waals surface area contributed by atoms with Gasteiger partial charge in [-0.25, -0.2) is 4.79 Å². The van der Waals surface area contributed by atoms with Crippen LogP contribution < -0.4 is 4.90 Å². The van der Waals surface area contributed by atoms with Gasteiger partial charge in [0.1, 0.15) is 0 Å². The van der Waals surface area contributed by atoms with Crippen molar-refractivity contribution in [2.45, 2.75) is 38.0 Å². The number of nitrogens with zero attached hydrogens (tertiary/aromatic N) is 3. The molecule has 0 saturated carbocycles. The largest absolute Gasteiger partial charge is 0.476 e. The first-order valence-corrected chi connectivity index (χ1v) is 9.02. The second kappa shape index (κ2) is 7.09. The Balaban J connectivity index is 1.63. The molecule has 0 radical (unpaired) electrons. The number of para-hydroxylation sites is 1. The van der Waals surface area contributed by atoms with Crippen LogP contribution >= 0.6 is 0 Å². The van der Waals surface area contributed by atoms with Gasteiger partial charge in [0, 0.05) is 50.2 Å². The zero-order chi connectivity index (χ0) is 18.1. The number of carboxylic acids is 1. The number of β-amino-alcohol motifs (C(OH)–C–C–N with tert-alkyl or cyclic N) is 1. The molecule has 0 aliphatic carbocycles. The third kappa shape index (κ3) is 3.32. The van der Waals surface area contributed by atoms with Crippen LogP contribution in [0.15, 0.2) is 30.5 Å². The Morgan fingerprint density at radius 2 is 2.04 bits per heavy atom. The first-order valence-electron chi connectivity index (χ1n) is 9.02. The van der Waals surface area contributed by atoms with Gasteiger partial charge in [0.05, 0.1) is 12.1 Å². The van der Waals surface area contributed by atoms with Crippen molar-refractivity contribution in [1.29, 1.82) is 0 Å². The molecule has 0 amide bonds. The number of fused-ring (bicyclic) bond motifs is 1. The van der Waals surface area contributed by atoms with Gasteiger partial charge in [-0.1, -0.05) is 18.2 Å². The Kier molecular flexibility index (Phi) is 4.65. The third-order valence-electron chi connectivity index (χ3n) is 5.16. The molecular formula is C19H23N3O4. The van der Waals surface area contributed by atoms with Gasteiger partial charge in [-0.2, -0.15) is 5.10 Å². The van der Waals surface area contributed by atoms with Crippen molar-refractivity contribution in [3.63, 3.8) is 0 Å². The van der Waals surface area contributed by atoms with Crippen LogP contribution in [0.25, 0.3) is 0 Å². The van der Waals surface area contributed by atoms with Crippen molar-refractivity contribution in [2.24, 2.45) is 0 Å². The summed E-state index contributed by atoms with van der Waals surface area (Å²) in [5, 5.41) is 24.1. The van der Waals surface area contributed by atoms with E-state index in [1.165, 1.54) is 0 Å². The van der Waals surface area contributed by atoms with Gasteiger partial charge < -0.3 is 19.8 Å². The minimum Gasteiger partial charge on any atom is -0.476 e. The maximum absolute atomic E-state index is 11.7.